The second kappa shape index (κ2) is 9.27. The summed E-state index contributed by atoms with van der Waals surface area (Å²) in [4.78, 5) is 0. The Bertz CT molecular complexity index is 1250. The number of aromatic amines is 1. The number of methoxy groups -OCH3 is 3. The number of rotatable bonds is 7. The van der Waals surface area contributed by atoms with Gasteiger partial charge >= 0.3 is 0 Å². The maximum Gasteiger partial charge on any atom is 0.244 e. The first-order valence-corrected chi connectivity index (χ1v) is 10.6. The first-order chi connectivity index (χ1) is 16.4. The average Bonchev–Trinajstić information content (AvgIpc) is 3.25. The van der Waals surface area contributed by atoms with E-state index in [1.54, 1.807) is 12.1 Å². The molecule has 0 aliphatic carbocycles. The van der Waals surface area contributed by atoms with Gasteiger partial charge in [-0.2, -0.15) is 5.26 Å². The van der Waals surface area contributed by atoms with Crippen molar-refractivity contribution < 1.29 is 23.7 Å². The fourth-order valence-electron chi connectivity index (χ4n) is 4.04. The number of benzene rings is 2. The van der Waals surface area contributed by atoms with Crippen LogP contribution in [0.5, 0.6) is 28.9 Å². The smallest absolute Gasteiger partial charge is 0.244 e. The highest BCUT2D eigenvalue weighted by Gasteiger charge is 2.36. The van der Waals surface area contributed by atoms with Crippen molar-refractivity contribution in [1.82, 2.24) is 10.2 Å². The molecule has 1 atom stereocenters. The van der Waals surface area contributed by atoms with Crippen LogP contribution in [0, 0.1) is 11.3 Å². The maximum absolute atomic E-state index is 9.99. The van der Waals surface area contributed by atoms with E-state index in [0.29, 0.717) is 39.9 Å². The second-order valence-corrected chi connectivity index (χ2v) is 7.89. The van der Waals surface area contributed by atoms with Gasteiger partial charge in [0.25, 0.3) is 0 Å². The number of nitrogens with zero attached hydrogens (tertiary/aromatic N) is 2. The van der Waals surface area contributed by atoms with Crippen molar-refractivity contribution in [3.63, 3.8) is 0 Å². The van der Waals surface area contributed by atoms with Crippen LogP contribution in [0.25, 0.3) is 11.3 Å². The molecule has 3 aromatic rings. The van der Waals surface area contributed by atoms with E-state index in [0.717, 1.165) is 11.3 Å². The molecule has 0 fully saturated rings. The molecule has 0 saturated carbocycles. The number of nitrogens with one attached hydrogen (secondary N) is 1. The first kappa shape index (κ1) is 22.9. The Labute approximate surface area is 197 Å². The molecule has 3 N–H and O–H groups in total. The van der Waals surface area contributed by atoms with Gasteiger partial charge in [0, 0.05) is 5.56 Å². The predicted octanol–water partition coefficient (Wildman–Crippen LogP) is 4.11. The van der Waals surface area contributed by atoms with Crippen LogP contribution in [0.1, 0.15) is 30.9 Å². The Morgan fingerprint density at radius 1 is 1.06 bits per heavy atom. The normalized spacial score (nSPS) is 14.8. The van der Waals surface area contributed by atoms with Gasteiger partial charge in [-0.15, -0.1) is 5.10 Å². The highest BCUT2D eigenvalue weighted by molar-refractivity contribution is 5.72. The largest absolute Gasteiger partial charge is 0.493 e. The van der Waals surface area contributed by atoms with Gasteiger partial charge in [-0.1, -0.05) is 0 Å². The number of allylic oxidation sites excluding steroid dienone is 1. The van der Waals surface area contributed by atoms with Crippen molar-refractivity contribution in [3.05, 3.63) is 59.0 Å². The number of aromatic nitrogens is 2. The monoisotopic (exact) mass is 462 g/mol. The SMILES string of the molecule is COc1cc([C@H]2C(C#N)=C(N)Oc3n[nH]c(-c4ccc(OC(C)C)cc4)c32)cc(OC)c1OC. The fourth-order valence-corrected chi connectivity index (χ4v) is 4.04. The number of fused-ring (bicyclic) bond motifs is 1. The van der Waals surface area contributed by atoms with Crippen LogP contribution in [0.4, 0.5) is 0 Å². The lowest BCUT2D eigenvalue weighted by Crippen LogP contribution is -2.21. The molecular formula is C25H26N4O5. The Balaban J connectivity index is 1.89. The molecule has 2 heterocycles. The zero-order chi connectivity index (χ0) is 24.4. The van der Waals surface area contributed by atoms with E-state index in [4.69, 9.17) is 29.4 Å². The summed E-state index contributed by atoms with van der Waals surface area (Å²) in [5, 5.41) is 17.4. The van der Waals surface area contributed by atoms with Gasteiger partial charge in [-0.3, -0.25) is 5.10 Å². The van der Waals surface area contributed by atoms with Crippen LogP contribution in [-0.4, -0.2) is 37.6 Å². The summed E-state index contributed by atoms with van der Waals surface area (Å²) < 4.78 is 28.0. The molecule has 0 bridgehead atoms. The third kappa shape index (κ3) is 3.94. The van der Waals surface area contributed by atoms with Crippen LogP contribution in [0.15, 0.2) is 47.9 Å². The van der Waals surface area contributed by atoms with Crippen LogP contribution in [0.3, 0.4) is 0 Å². The Morgan fingerprint density at radius 3 is 2.24 bits per heavy atom. The minimum absolute atomic E-state index is 0.00696. The molecule has 34 heavy (non-hydrogen) atoms. The zero-order valence-electron chi connectivity index (χ0n) is 19.6. The summed E-state index contributed by atoms with van der Waals surface area (Å²) in [6.07, 6.45) is 0.0647. The van der Waals surface area contributed by atoms with E-state index in [1.807, 2.05) is 38.1 Å². The van der Waals surface area contributed by atoms with Crippen LogP contribution >= 0.6 is 0 Å². The van der Waals surface area contributed by atoms with E-state index in [-0.39, 0.29) is 17.6 Å². The van der Waals surface area contributed by atoms with Crippen molar-refractivity contribution in [3.8, 4) is 46.2 Å². The van der Waals surface area contributed by atoms with Crippen molar-refractivity contribution in [2.75, 3.05) is 21.3 Å². The molecule has 0 spiro atoms. The van der Waals surface area contributed by atoms with Gasteiger partial charge in [0.2, 0.25) is 17.5 Å². The quantitative estimate of drug-likeness (QED) is 0.537. The van der Waals surface area contributed by atoms with E-state index in [1.165, 1.54) is 21.3 Å². The maximum atomic E-state index is 9.99. The first-order valence-electron chi connectivity index (χ1n) is 10.6. The lowest BCUT2D eigenvalue weighted by atomic mass is 9.82. The highest BCUT2D eigenvalue weighted by Crippen LogP contribution is 2.49. The predicted molar refractivity (Wildman–Crippen MR) is 125 cm³/mol. The van der Waals surface area contributed by atoms with Crippen molar-refractivity contribution in [2.45, 2.75) is 25.9 Å². The van der Waals surface area contributed by atoms with Crippen molar-refractivity contribution in [1.29, 1.82) is 5.26 Å². The molecule has 4 rings (SSSR count). The van der Waals surface area contributed by atoms with E-state index in [9.17, 15) is 5.26 Å². The molecule has 0 unspecified atom stereocenters. The highest BCUT2D eigenvalue weighted by atomic mass is 16.5. The second-order valence-electron chi connectivity index (χ2n) is 7.89. The molecule has 1 aliphatic heterocycles. The van der Waals surface area contributed by atoms with Crippen LogP contribution < -0.4 is 29.4 Å². The Hall–Kier alpha value is -4.32. The van der Waals surface area contributed by atoms with Crippen LogP contribution in [0.2, 0.25) is 0 Å². The Morgan fingerprint density at radius 2 is 1.71 bits per heavy atom. The third-order valence-electron chi connectivity index (χ3n) is 5.47. The average molecular weight is 463 g/mol. The van der Waals surface area contributed by atoms with E-state index in [2.05, 4.69) is 16.3 Å². The lowest BCUT2D eigenvalue weighted by Gasteiger charge is -2.25. The van der Waals surface area contributed by atoms with Gasteiger partial charge in [0.15, 0.2) is 11.5 Å². The molecule has 2 aromatic carbocycles. The van der Waals surface area contributed by atoms with Gasteiger partial charge in [0.1, 0.15) is 17.4 Å². The number of nitrogens with two attached hydrogens (primary N) is 1. The van der Waals surface area contributed by atoms with Gasteiger partial charge in [-0.25, -0.2) is 0 Å². The Kier molecular flexibility index (Phi) is 6.23. The summed E-state index contributed by atoms with van der Waals surface area (Å²) in [6, 6.07) is 13.4. The minimum atomic E-state index is -0.581. The molecule has 0 saturated heterocycles. The summed E-state index contributed by atoms with van der Waals surface area (Å²) >= 11 is 0. The van der Waals surface area contributed by atoms with Gasteiger partial charge < -0.3 is 29.4 Å². The number of ether oxygens (including phenoxy) is 5. The standard InChI is InChI=1S/C25H26N4O5/c1-13(2)33-16-8-6-14(7-9-16)22-21-20(17(12-26)24(27)34-25(21)29-28-22)15-10-18(30-3)23(32-5)19(11-15)31-4/h6-11,13,20H,27H2,1-5H3,(H,28,29)/t20-/m0/s1. The minimum Gasteiger partial charge on any atom is -0.493 e. The van der Waals surface area contributed by atoms with Crippen molar-refractivity contribution >= 4 is 0 Å². The fraction of sp³-hybridized carbons (Fsp3) is 0.280. The third-order valence-corrected chi connectivity index (χ3v) is 5.47. The molecule has 9 heteroatoms. The van der Waals surface area contributed by atoms with Gasteiger partial charge in [0.05, 0.1) is 44.6 Å². The number of hydrogen-bond donors (Lipinski definition) is 2. The van der Waals surface area contributed by atoms with Crippen LogP contribution in [-0.2, 0) is 0 Å². The molecule has 0 amide bonds. The topological polar surface area (TPSA) is 125 Å². The molecule has 1 aliphatic rings. The number of H-pyrrole nitrogens is 1. The number of nitriles is 1. The molecular weight excluding hydrogens is 436 g/mol. The van der Waals surface area contributed by atoms with E-state index >= 15 is 0 Å². The molecule has 0 radical (unpaired) electrons. The summed E-state index contributed by atoms with van der Waals surface area (Å²) in [5.74, 6) is 1.83. The van der Waals surface area contributed by atoms with Crippen molar-refractivity contribution in [2.24, 2.45) is 5.73 Å². The molecule has 176 valence electrons. The molecule has 1 aromatic heterocycles. The lowest BCUT2D eigenvalue weighted by molar-refractivity contribution is 0.242. The molecule has 9 nitrogen and oxygen atoms in total. The van der Waals surface area contributed by atoms with E-state index < -0.39 is 5.92 Å². The zero-order valence-corrected chi connectivity index (χ0v) is 19.6. The number of hydrogen-bond acceptors (Lipinski definition) is 8. The summed E-state index contributed by atoms with van der Waals surface area (Å²) in [5.41, 5.74) is 9.31. The summed E-state index contributed by atoms with van der Waals surface area (Å²) in [7, 11) is 4.61. The summed E-state index contributed by atoms with van der Waals surface area (Å²) in [6.45, 7) is 3.94. The van der Waals surface area contributed by atoms with Gasteiger partial charge in [-0.05, 0) is 55.8 Å².